The number of carbonyl (C=O) groups is 1. The van der Waals surface area contributed by atoms with E-state index in [0.717, 1.165) is 31.1 Å². The van der Waals surface area contributed by atoms with Gasteiger partial charge < -0.3 is 14.7 Å². The Hall–Kier alpha value is -3.09. The lowest BCUT2D eigenvalue weighted by Crippen LogP contribution is -2.41. The number of nitrogens with zero attached hydrogens (tertiary/aromatic N) is 6. The van der Waals surface area contributed by atoms with E-state index in [1.165, 1.54) is 11.1 Å². The van der Waals surface area contributed by atoms with Crippen LogP contribution in [-0.2, 0) is 0 Å². The molecule has 150 valence electrons. The number of aromatic nitrogens is 3. The van der Waals surface area contributed by atoms with Crippen molar-refractivity contribution in [2.75, 3.05) is 38.6 Å². The summed E-state index contributed by atoms with van der Waals surface area (Å²) in [5, 5.41) is 0. The fraction of sp³-hybridized carbons (Fsp3) is 0.409. The molecule has 0 unspecified atom stereocenters. The van der Waals surface area contributed by atoms with Crippen molar-refractivity contribution >= 4 is 17.5 Å². The summed E-state index contributed by atoms with van der Waals surface area (Å²) in [6.45, 7) is 4.75. The van der Waals surface area contributed by atoms with Crippen molar-refractivity contribution in [1.29, 1.82) is 0 Å². The molecular formula is C22H26N6O. The van der Waals surface area contributed by atoms with Gasteiger partial charge in [-0.25, -0.2) is 9.78 Å². The summed E-state index contributed by atoms with van der Waals surface area (Å²) >= 11 is 0. The highest BCUT2D eigenvalue weighted by atomic mass is 16.2. The van der Waals surface area contributed by atoms with Crippen LogP contribution in [0.3, 0.4) is 0 Å². The highest BCUT2D eigenvalue weighted by Crippen LogP contribution is 2.46. The molecule has 0 radical (unpaired) electrons. The van der Waals surface area contributed by atoms with E-state index in [0.29, 0.717) is 11.8 Å². The molecule has 3 atom stereocenters. The van der Waals surface area contributed by atoms with Crippen LogP contribution in [0.1, 0.15) is 17.2 Å². The molecule has 5 rings (SSSR count). The van der Waals surface area contributed by atoms with Gasteiger partial charge in [-0.05, 0) is 18.1 Å². The Bertz CT molecular complexity index is 1060. The summed E-state index contributed by atoms with van der Waals surface area (Å²) in [5.41, 5.74) is 3.36. The number of imidazole rings is 1. The van der Waals surface area contributed by atoms with E-state index < -0.39 is 0 Å². The Labute approximate surface area is 170 Å². The van der Waals surface area contributed by atoms with Crippen LogP contribution in [0.5, 0.6) is 0 Å². The first-order chi connectivity index (χ1) is 14.0. The molecule has 2 fully saturated rings. The molecule has 4 heterocycles. The van der Waals surface area contributed by atoms with Crippen molar-refractivity contribution in [2.45, 2.75) is 13.0 Å². The lowest BCUT2D eigenvalue weighted by atomic mass is 9.88. The molecule has 0 spiro atoms. The summed E-state index contributed by atoms with van der Waals surface area (Å²) in [5.74, 6) is 1.89. The number of likely N-dealkylation sites (tertiary alicyclic amines) is 1. The smallest absolute Gasteiger partial charge is 0.320 e. The topological polar surface area (TPSA) is 57.0 Å². The fourth-order valence-electron chi connectivity index (χ4n) is 5.07. The number of urea groups is 1. The van der Waals surface area contributed by atoms with Gasteiger partial charge in [-0.15, -0.1) is 0 Å². The van der Waals surface area contributed by atoms with Crippen LogP contribution < -0.4 is 4.90 Å². The number of rotatable bonds is 2. The highest BCUT2D eigenvalue weighted by Gasteiger charge is 2.50. The van der Waals surface area contributed by atoms with Gasteiger partial charge in [0.15, 0.2) is 5.65 Å². The van der Waals surface area contributed by atoms with E-state index in [9.17, 15) is 4.79 Å². The van der Waals surface area contributed by atoms with E-state index >= 15 is 0 Å². The van der Waals surface area contributed by atoms with Gasteiger partial charge >= 0.3 is 6.03 Å². The highest BCUT2D eigenvalue weighted by molar-refractivity contribution is 5.75. The molecule has 0 saturated carbocycles. The molecule has 0 bridgehead atoms. The van der Waals surface area contributed by atoms with Gasteiger partial charge in [0, 0.05) is 58.0 Å². The zero-order chi connectivity index (χ0) is 20.1. The number of benzene rings is 1. The SMILES string of the molecule is Cc1ccccc1[C@H]1[C@@H]2CN(c3cncc4nccn34)C[C@@H]2CN1C(=O)N(C)C. The van der Waals surface area contributed by atoms with Crippen LogP contribution in [0.4, 0.5) is 10.6 Å². The first kappa shape index (κ1) is 18.0. The van der Waals surface area contributed by atoms with Crippen molar-refractivity contribution in [1.82, 2.24) is 24.2 Å². The average molecular weight is 390 g/mol. The third-order valence-corrected chi connectivity index (χ3v) is 6.42. The van der Waals surface area contributed by atoms with Gasteiger partial charge in [-0.3, -0.25) is 9.38 Å². The minimum absolute atomic E-state index is 0.0936. The predicted molar refractivity (Wildman–Crippen MR) is 112 cm³/mol. The molecule has 3 aromatic rings. The zero-order valence-electron chi connectivity index (χ0n) is 17.1. The molecular weight excluding hydrogens is 364 g/mol. The number of hydrogen-bond donors (Lipinski definition) is 0. The van der Waals surface area contributed by atoms with E-state index in [4.69, 9.17) is 0 Å². The lowest BCUT2D eigenvalue weighted by Gasteiger charge is -2.33. The summed E-state index contributed by atoms with van der Waals surface area (Å²) in [4.78, 5) is 27.9. The van der Waals surface area contributed by atoms with Crippen LogP contribution in [0, 0.1) is 18.8 Å². The van der Waals surface area contributed by atoms with Crippen molar-refractivity contribution in [3.63, 3.8) is 0 Å². The van der Waals surface area contributed by atoms with Crippen molar-refractivity contribution < 1.29 is 4.79 Å². The zero-order valence-corrected chi connectivity index (χ0v) is 17.1. The van der Waals surface area contributed by atoms with Gasteiger partial charge in [-0.2, -0.15) is 0 Å². The molecule has 2 aromatic heterocycles. The molecule has 2 aliphatic rings. The van der Waals surface area contributed by atoms with Gasteiger partial charge in [0.2, 0.25) is 0 Å². The molecule has 2 aliphatic heterocycles. The number of aryl methyl sites for hydroxylation is 1. The molecule has 1 aromatic carbocycles. The molecule has 7 nitrogen and oxygen atoms in total. The quantitative estimate of drug-likeness (QED) is 0.675. The maximum absolute atomic E-state index is 13.0. The first-order valence-electron chi connectivity index (χ1n) is 10.1. The molecule has 0 aliphatic carbocycles. The van der Waals surface area contributed by atoms with Gasteiger partial charge in [-0.1, -0.05) is 24.3 Å². The van der Waals surface area contributed by atoms with E-state index in [2.05, 4.69) is 55.4 Å². The Morgan fingerprint density at radius 1 is 1.14 bits per heavy atom. The Morgan fingerprint density at radius 2 is 1.97 bits per heavy atom. The third kappa shape index (κ3) is 2.84. The summed E-state index contributed by atoms with van der Waals surface area (Å²) in [6.07, 6.45) is 7.50. The van der Waals surface area contributed by atoms with E-state index in [-0.39, 0.29) is 12.1 Å². The van der Waals surface area contributed by atoms with Crippen molar-refractivity contribution in [3.8, 4) is 0 Å². The number of hydrogen-bond acceptors (Lipinski definition) is 4. The second-order valence-corrected chi connectivity index (χ2v) is 8.38. The molecule has 0 N–H and O–H groups in total. The number of fused-ring (bicyclic) bond motifs is 2. The third-order valence-electron chi connectivity index (χ3n) is 6.42. The van der Waals surface area contributed by atoms with Gasteiger partial charge in [0.25, 0.3) is 0 Å². The first-order valence-corrected chi connectivity index (χ1v) is 10.1. The molecule has 7 heteroatoms. The van der Waals surface area contributed by atoms with Gasteiger partial charge in [0.1, 0.15) is 5.82 Å². The number of amides is 2. The molecule has 2 amide bonds. The maximum Gasteiger partial charge on any atom is 0.320 e. The average Bonchev–Trinajstić information content (AvgIpc) is 3.41. The second-order valence-electron chi connectivity index (χ2n) is 8.38. The van der Waals surface area contributed by atoms with Crippen molar-refractivity contribution in [2.24, 2.45) is 11.8 Å². The molecule has 29 heavy (non-hydrogen) atoms. The van der Waals surface area contributed by atoms with E-state index in [1.807, 2.05) is 32.7 Å². The number of anilines is 1. The lowest BCUT2D eigenvalue weighted by molar-refractivity contribution is 0.159. The Morgan fingerprint density at radius 3 is 2.76 bits per heavy atom. The van der Waals surface area contributed by atoms with Crippen LogP contribution in [-0.4, -0.2) is 63.9 Å². The van der Waals surface area contributed by atoms with Crippen LogP contribution >= 0.6 is 0 Å². The largest absolute Gasteiger partial charge is 0.356 e. The second kappa shape index (κ2) is 6.76. The fourth-order valence-corrected chi connectivity index (χ4v) is 5.07. The monoisotopic (exact) mass is 390 g/mol. The Kier molecular flexibility index (Phi) is 4.19. The maximum atomic E-state index is 13.0. The number of carbonyl (C=O) groups excluding carboxylic acids is 1. The summed E-state index contributed by atoms with van der Waals surface area (Å²) in [7, 11) is 3.67. The molecule has 2 saturated heterocycles. The van der Waals surface area contributed by atoms with Crippen LogP contribution in [0.2, 0.25) is 0 Å². The van der Waals surface area contributed by atoms with E-state index in [1.54, 1.807) is 11.1 Å². The standard InChI is InChI=1S/C22H26N6O/c1-15-6-4-5-7-17(15)21-18-14-26(12-16(18)13-28(21)22(29)25(2)3)20-11-23-10-19-24-8-9-27(19)20/h4-11,16,18,21H,12-14H2,1-3H3/t16-,18-,21+/m1/s1. The van der Waals surface area contributed by atoms with Gasteiger partial charge in [0.05, 0.1) is 18.4 Å². The van der Waals surface area contributed by atoms with Crippen LogP contribution in [0.15, 0.2) is 49.1 Å². The van der Waals surface area contributed by atoms with Crippen LogP contribution in [0.25, 0.3) is 5.65 Å². The summed E-state index contributed by atoms with van der Waals surface area (Å²) in [6, 6.07) is 8.66. The Balaban J connectivity index is 1.51. The summed E-state index contributed by atoms with van der Waals surface area (Å²) < 4.78 is 2.10. The van der Waals surface area contributed by atoms with Crippen molar-refractivity contribution in [3.05, 3.63) is 60.2 Å². The minimum atomic E-state index is 0.0936. The normalized spacial score (nSPS) is 23.6. The predicted octanol–water partition coefficient (Wildman–Crippen LogP) is 2.83. The minimum Gasteiger partial charge on any atom is -0.356 e.